The highest BCUT2D eigenvalue weighted by Crippen LogP contribution is 1.98. The molecule has 0 saturated carbocycles. The Labute approximate surface area is 54.6 Å². The Bertz CT molecular complexity index is 78.1. The highest BCUT2D eigenvalue weighted by molar-refractivity contribution is 7.84. The predicted molar refractivity (Wildman–Crippen MR) is 32.7 cm³/mol. The van der Waals surface area contributed by atoms with E-state index >= 15 is 0 Å². The first kappa shape index (κ1) is 7.69. The van der Waals surface area contributed by atoms with Gasteiger partial charge >= 0.3 is 0 Å². The molecule has 2 unspecified atom stereocenters. The zero-order valence-corrected chi connectivity index (χ0v) is 5.76. The van der Waals surface area contributed by atoms with E-state index in [-0.39, 0.29) is 5.88 Å². The third kappa shape index (κ3) is 3.29. The van der Waals surface area contributed by atoms with E-state index in [0.717, 1.165) is 0 Å². The van der Waals surface area contributed by atoms with Gasteiger partial charge in [-0.15, -0.1) is 23.2 Å². The van der Waals surface area contributed by atoms with E-state index in [2.05, 4.69) is 0 Å². The number of rotatable bonds is 2. The largest absolute Gasteiger partial charge is 0.250 e. The number of hydrogen-bond acceptors (Lipinski definition) is 1. The normalized spacial score (nSPS) is 18.7. The number of alkyl halides is 2. The number of hydrogen-bond donors (Lipinski definition) is 1. The summed E-state index contributed by atoms with van der Waals surface area (Å²) in [5.74, 6) is 0.130. The lowest BCUT2D eigenvalue weighted by atomic mass is 10.9. The van der Waals surface area contributed by atoms with Crippen LogP contribution in [-0.4, -0.2) is 14.8 Å². The average Bonchev–Trinajstić information content (AvgIpc) is 1.65. The molecule has 0 fully saturated rings. The van der Waals surface area contributed by atoms with E-state index in [1.807, 2.05) is 0 Å². The van der Waals surface area contributed by atoms with E-state index in [0.29, 0.717) is 0 Å². The summed E-state index contributed by atoms with van der Waals surface area (Å²) in [5, 5.41) is 4.80. The molecule has 7 heavy (non-hydrogen) atoms. The average molecular weight is 162 g/mol. The minimum absolute atomic E-state index is 0.130. The summed E-state index contributed by atoms with van der Waals surface area (Å²) in [6.45, 7) is 0. The van der Waals surface area contributed by atoms with Gasteiger partial charge in [-0.25, -0.2) is 4.21 Å². The van der Waals surface area contributed by atoms with Crippen molar-refractivity contribution in [2.24, 2.45) is 5.14 Å². The Morgan fingerprint density at radius 1 is 1.86 bits per heavy atom. The van der Waals surface area contributed by atoms with Crippen LogP contribution in [0.3, 0.4) is 0 Å². The third-order valence-electron chi connectivity index (χ3n) is 0.373. The topological polar surface area (TPSA) is 43.1 Å². The van der Waals surface area contributed by atoms with Crippen molar-refractivity contribution in [2.75, 3.05) is 5.88 Å². The Hall–Kier alpha value is 0.690. The second-order valence-corrected chi connectivity index (χ2v) is 3.21. The molecular formula is C2H5Cl2NOS. The molecule has 0 aromatic carbocycles. The zero-order chi connectivity index (χ0) is 5.86. The molecule has 0 radical (unpaired) electrons. The molecule has 0 aliphatic heterocycles. The van der Waals surface area contributed by atoms with Crippen molar-refractivity contribution in [3.63, 3.8) is 0 Å². The second kappa shape index (κ2) is 3.66. The lowest BCUT2D eigenvalue weighted by molar-refractivity contribution is 0.683. The molecule has 5 heteroatoms. The summed E-state index contributed by atoms with van der Waals surface area (Å²) >= 11 is 10.4. The van der Waals surface area contributed by atoms with Crippen molar-refractivity contribution in [1.82, 2.24) is 0 Å². The maximum atomic E-state index is 10.0. The summed E-state index contributed by atoms with van der Waals surface area (Å²) in [6, 6.07) is 0. The minimum atomic E-state index is -1.48. The van der Waals surface area contributed by atoms with Crippen molar-refractivity contribution in [3.05, 3.63) is 0 Å². The standard InChI is InChI=1S/C2H5Cl2NOS/c3-1-2(4)7(5)6/h2H,1,5H2. The molecule has 0 rings (SSSR count). The summed E-state index contributed by atoms with van der Waals surface area (Å²) in [5.41, 5.74) is 0. The summed E-state index contributed by atoms with van der Waals surface area (Å²) in [4.78, 5) is 0. The van der Waals surface area contributed by atoms with Gasteiger partial charge in [-0.2, -0.15) is 0 Å². The molecule has 2 nitrogen and oxygen atoms in total. The first-order valence-electron chi connectivity index (χ1n) is 1.53. The van der Waals surface area contributed by atoms with Gasteiger partial charge < -0.3 is 0 Å². The van der Waals surface area contributed by atoms with Gasteiger partial charge in [0.05, 0.1) is 5.88 Å². The molecular weight excluding hydrogens is 157 g/mol. The van der Waals surface area contributed by atoms with Gasteiger partial charge in [0.25, 0.3) is 0 Å². The quantitative estimate of drug-likeness (QED) is 0.587. The Balaban J connectivity index is 3.34. The van der Waals surface area contributed by atoms with E-state index in [4.69, 9.17) is 28.3 Å². The van der Waals surface area contributed by atoms with Gasteiger partial charge in [-0.1, -0.05) is 0 Å². The third-order valence-corrected chi connectivity index (χ3v) is 2.37. The van der Waals surface area contributed by atoms with E-state index in [1.165, 1.54) is 0 Å². The first-order chi connectivity index (χ1) is 3.18. The van der Waals surface area contributed by atoms with Crippen LogP contribution < -0.4 is 5.14 Å². The summed E-state index contributed by atoms with van der Waals surface area (Å²) in [7, 11) is -1.48. The van der Waals surface area contributed by atoms with Gasteiger partial charge in [0.2, 0.25) is 0 Å². The molecule has 0 spiro atoms. The maximum Gasteiger partial charge on any atom is 0.136 e. The summed E-state index contributed by atoms with van der Waals surface area (Å²) in [6.07, 6.45) is 0. The van der Waals surface area contributed by atoms with Crippen molar-refractivity contribution in [2.45, 2.75) is 4.71 Å². The lowest BCUT2D eigenvalue weighted by Crippen LogP contribution is -2.16. The van der Waals surface area contributed by atoms with Crippen LogP contribution in [0.4, 0.5) is 0 Å². The Kier molecular flexibility index (Phi) is 4.02. The number of nitrogens with two attached hydrogens (primary N) is 1. The predicted octanol–water partition coefficient (Wildman–Crippen LogP) is 0.413. The fourth-order valence-corrected chi connectivity index (χ4v) is 0.559. The molecule has 2 atom stereocenters. The molecule has 0 aliphatic rings. The molecule has 0 aliphatic carbocycles. The molecule has 0 heterocycles. The molecule has 0 saturated heterocycles. The van der Waals surface area contributed by atoms with E-state index in [9.17, 15) is 4.21 Å². The van der Waals surface area contributed by atoms with Crippen molar-refractivity contribution in [3.8, 4) is 0 Å². The fourth-order valence-electron chi connectivity index (χ4n) is 0.0621. The van der Waals surface area contributed by atoms with Crippen LogP contribution in [0.25, 0.3) is 0 Å². The molecule has 0 amide bonds. The molecule has 0 aromatic heterocycles. The van der Waals surface area contributed by atoms with E-state index < -0.39 is 15.7 Å². The van der Waals surface area contributed by atoms with Crippen LogP contribution in [0.1, 0.15) is 0 Å². The second-order valence-electron chi connectivity index (χ2n) is 0.893. The molecule has 0 aromatic rings. The summed E-state index contributed by atoms with van der Waals surface area (Å²) < 4.78 is 9.44. The van der Waals surface area contributed by atoms with Gasteiger partial charge in [-0.05, 0) is 0 Å². The Morgan fingerprint density at radius 3 is 2.29 bits per heavy atom. The number of halogens is 2. The highest BCUT2D eigenvalue weighted by atomic mass is 35.5. The van der Waals surface area contributed by atoms with Gasteiger partial charge in [0.1, 0.15) is 15.7 Å². The maximum absolute atomic E-state index is 10.0. The first-order valence-corrected chi connectivity index (χ1v) is 3.78. The monoisotopic (exact) mass is 161 g/mol. The minimum Gasteiger partial charge on any atom is -0.250 e. The van der Waals surface area contributed by atoms with Crippen molar-refractivity contribution < 1.29 is 4.21 Å². The van der Waals surface area contributed by atoms with Crippen LogP contribution in [0.5, 0.6) is 0 Å². The van der Waals surface area contributed by atoms with Gasteiger partial charge in [0.15, 0.2) is 0 Å². The van der Waals surface area contributed by atoms with Crippen LogP contribution in [0.15, 0.2) is 0 Å². The fraction of sp³-hybridized carbons (Fsp3) is 1.00. The SMILES string of the molecule is NS(=O)C(Cl)CCl. The lowest BCUT2D eigenvalue weighted by Gasteiger charge is -1.95. The Morgan fingerprint density at radius 2 is 2.29 bits per heavy atom. The van der Waals surface area contributed by atoms with Crippen molar-refractivity contribution >= 4 is 34.2 Å². The molecule has 44 valence electrons. The zero-order valence-electron chi connectivity index (χ0n) is 3.43. The van der Waals surface area contributed by atoms with Gasteiger partial charge in [-0.3, -0.25) is 5.14 Å². The molecule has 2 N–H and O–H groups in total. The van der Waals surface area contributed by atoms with Crippen LogP contribution in [0, 0.1) is 0 Å². The van der Waals surface area contributed by atoms with Crippen LogP contribution in [-0.2, 0) is 11.0 Å². The molecule has 0 bridgehead atoms. The van der Waals surface area contributed by atoms with Crippen LogP contribution >= 0.6 is 23.2 Å². The van der Waals surface area contributed by atoms with E-state index in [1.54, 1.807) is 0 Å². The smallest absolute Gasteiger partial charge is 0.136 e. The van der Waals surface area contributed by atoms with Crippen molar-refractivity contribution in [1.29, 1.82) is 0 Å². The van der Waals surface area contributed by atoms with Crippen LogP contribution in [0.2, 0.25) is 0 Å². The van der Waals surface area contributed by atoms with Gasteiger partial charge in [0, 0.05) is 0 Å². The highest BCUT2D eigenvalue weighted by Gasteiger charge is 2.04.